The Kier molecular flexibility index (Phi) is 5.47. The van der Waals surface area contributed by atoms with Crippen LogP contribution in [0.1, 0.15) is 15.9 Å². The maximum atomic E-state index is 12.4. The molecule has 0 aromatic heterocycles. The molecule has 1 aromatic carbocycles. The molecule has 0 aliphatic carbocycles. The SMILES string of the molecule is C=CCN(CCO)C(=O)c1cc(S(C)(=O)=O)ccc1C. The number of carbonyl (C=O) groups is 1. The van der Waals surface area contributed by atoms with E-state index in [4.69, 9.17) is 5.11 Å². The normalized spacial score (nSPS) is 11.2. The van der Waals surface area contributed by atoms with Gasteiger partial charge in [-0.15, -0.1) is 6.58 Å². The van der Waals surface area contributed by atoms with Crippen molar-refractivity contribution in [2.45, 2.75) is 11.8 Å². The van der Waals surface area contributed by atoms with Crippen molar-refractivity contribution < 1.29 is 18.3 Å². The molecule has 1 aromatic rings. The highest BCUT2D eigenvalue weighted by Gasteiger charge is 2.18. The zero-order chi connectivity index (χ0) is 15.3. The van der Waals surface area contributed by atoms with E-state index in [9.17, 15) is 13.2 Å². The van der Waals surface area contributed by atoms with Gasteiger partial charge in [0.1, 0.15) is 0 Å². The van der Waals surface area contributed by atoms with E-state index in [0.29, 0.717) is 17.7 Å². The molecular formula is C14H19NO4S. The number of sulfone groups is 1. The predicted molar refractivity (Wildman–Crippen MR) is 77.5 cm³/mol. The lowest BCUT2D eigenvalue weighted by Crippen LogP contribution is -2.34. The topological polar surface area (TPSA) is 74.7 Å². The molecule has 0 bridgehead atoms. The van der Waals surface area contributed by atoms with Gasteiger partial charge in [-0.05, 0) is 24.6 Å². The number of hydrogen-bond acceptors (Lipinski definition) is 4. The molecule has 0 spiro atoms. The zero-order valence-electron chi connectivity index (χ0n) is 11.7. The van der Waals surface area contributed by atoms with Crippen LogP contribution in [0.5, 0.6) is 0 Å². The van der Waals surface area contributed by atoms with Gasteiger partial charge in [-0.2, -0.15) is 0 Å². The summed E-state index contributed by atoms with van der Waals surface area (Å²) in [4.78, 5) is 13.9. The van der Waals surface area contributed by atoms with Crippen LogP contribution in [0.2, 0.25) is 0 Å². The number of carbonyl (C=O) groups excluding carboxylic acids is 1. The minimum absolute atomic E-state index is 0.106. The second-order valence-corrected chi connectivity index (χ2v) is 6.53. The molecule has 0 heterocycles. The molecule has 0 radical (unpaired) electrons. The second kappa shape index (κ2) is 6.67. The van der Waals surface area contributed by atoms with E-state index in [1.54, 1.807) is 19.1 Å². The molecule has 0 aliphatic heterocycles. The maximum Gasteiger partial charge on any atom is 0.254 e. The van der Waals surface area contributed by atoms with Crippen molar-refractivity contribution in [2.24, 2.45) is 0 Å². The van der Waals surface area contributed by atoms with Crippen LogP contribution in [0.25, 0.3) is 0 Å². The summed E-state index contributed by atoms with van der Waals surface area (Å²) in [5.41, 5.74) is 1.01. The Morgan fingerprint density at radius 1 is 1.45 bits per heavy atom. The largest absolute Gasteiger partial charge is 0.395 e. The Hall–Kier alpha value is -1.66. The Morgan fingerprint density at radius 3 is 2.60 bits per heavy atom. The summed E-state index contributed by atoms with van der Waals surface area (Å²) in [5.74, 6) is -0.318. The fourth-order valence-electron chi connectivity index (χ4n) is 1.78. The van der Waals surface area contributed by atoms with Crippen molar-refractivity contribution in [3.05, 3.63) is 42.0 Å². The fourth-order valence-corrected chi connectivity index (χ4v) is 2.43. The molecule has 0 atom stereocenters. The molecule has 6 heteroatoms. The zero-order valence-corrected chi connectivity index (χ0v) is 12.5. The summed E-state index contributed by atoms with van der Waals surface area (Å²) in [5, 5.41) is 8.99. The first-order valence-electron chi connectivity index (χ1n) is 6.13. The summed E-state index contributed by atoms with van der Waals surface area (Å²) in [6, 6.07) is 4.46. The van der Waals surface area contributed by atoms with Gasteiger partial charge in [0.25, 0.3) is 5.91 Å². The number of aliphatic hydroxyl groups excluding tert-OH is 1. The number of hydrogen-bond donors (Lipinski definition) is 1. The number of rotatable bonds is 6. The van der Waals surface area contributed by atoms with Gasteiger partial charge in [-0.3, -0.25) is 4.79 Å². The molecule has 0 unspecified atom stereocenters. The van der Waals surface area contributed by atoms with Gasteiger partial charge in [0.2, 0.25) is 0 Å². The van der Waals surface area contributed by atoms with Crippen LogP contribution in [0.15, 0.2) is 35.7 Å². The van der Waals surface area contributed by atoms with E-state index in [1.807, 2.05) is 0 Å². The van der Waals surface area contributed by atoms with Gasteiger partial charge >= 0.3 is 0 Å². The number of nitrogens with zero attached hydrogens (tertiary/aromatic N) is 1. The smallest absolute Gasteiger partial charge is 0.254 e. The highest BCUT2D eigenvalue weighted by atomic mass is 32.2. The summed E-state index contributed by atoms with van der Waals surface area (Å²) in [7, 11) is -3.37. The van der Waals surface area contributed by atoms with E-state index in [2.05, 4.69) is 6.58 Å². The molecule has 0 fully saturated rings. The van der Waals surface area contributed by atoms with Crippen LogP contribution in [0.3, 0.4) is 0 Å². The Balaban J connectivity index is 3.23. The summed E-state index contributed by atoms with van der Waals surface area (Å²) < 4.78 is 23.1. The Bertz CT molecular complexity index is 608. The van der Waals surface area contributed by atoms with Crippen molar-refractivity contribution in [1.82, 2.24) is 4.90 Å². The lowest BCUT2D eigenvalue weighted by molar-refractivity contribution is 0.0742. The Labute approximate surface area is 119 Å². The third-order valence-corrected chi connectivity index (χ3v) is 3.98. The van der Waals surface area contributed by atoms with Crippen LogP contribution < -0.4 is 0 Å². The average molecular weight is 297 g/mol. The van der Waals surface area contributed by atoms with Crippen LogP contribution in [0.4, 0.5) is 0 Å². The standard InChI is InChI=1S/C14H19NO4S/c1-4-7-15(8-9-16)14(17)13-10-12(20(3,18)19)6-5-11(13)2/h4-6,10,16H,1,7-9H2,2-3H3. The molecule has 1 amide bonds. The van der Waals surface area contributed by atoms with Crippen molar-refractivity contribution in [3.63, 3.8) is 0 Å². The van der Waals surface area contributed by atoms with Crippen LogP contribution in [0, 0.1) is 6.92 Å². The molecule has 110 valence electrons. The van der Waals surface area contributed by atoms with Gasteiger partial charge < -0.3 is 10.0 Å². The maximum absolute atomic E-state index is 12.4. The predicted octanol–water partition coefficient (Wildman–Crippen LogP) is 1.02. The van der Waals surface area contributed by atoms with Crippen LogP contribution in [-0.4, -0.2) is 50.3 Å². The summed E-state index contributed by atoms with van der Waals surface area (Å²) in [6.45, 7) is 5.61. The number of aryl methyl sites for hydroxylation is 1. The molecule has 1 rings (SSSR count). The monoisotopic (exact) mass is 297 g/mol. The van der Waals surface area contributed by atoms with Gasteiger partial charge in [-0.1, -0.05) is 12.1 Å². The molecule has 0 aliphatic rings. The number of aliphatic hydroxyl groups is 1. The minimum atomic E-state index is -3.37. The van der Waals surface area contributed by atoms with Crippen molar-refractivity contribution in [3.8, 4) is 0 Å². The molecule has 20 heavy (non-hydrogen) atoms. The molecule has 1 N–H and O–H groups in total. The number of benzene rings is 1. The van der Waals surface area contributed by atoms with Crippen molar-refractivity contribution in [2.75, 3.05) is 26.0 Å². The third kappa shape index (κ3) is 3.91. The third-order valence-electron chi connectivity index (χ3n) is 2.87. The lowest BCUT2D eigenvalue weighted by atomic mass is 10.1. The van der Waals surface area contributed by atoms with Gasteiger partial charge in [0, 0.05) is 24.9 Å². The lowest BCUT2D eigenvalue weighted by Gasteiger charge is -2.21. The summed E-state index contributed by atoms with van der Waals surface area (Å²) in [6.07, 6.45) is 2.66. The molecule has 5 nitrogen and oxygen atoms in total. The van der Waals surface area contributed by atoms with E-state index in [0.717, 1.165) is 6.26 Å². The van der Waals surface area contributed by atoms with E-state index in [1.165, 1.54) is 17.0 Å². The first-order chi connectivity index (χ1) is 9.31. The first kappa shape index (κ1) is 16.4. The van der Waals surface area contributed by atoms with Gasteiger partial charge in [0.05, 0.1) is 11.5 Å². The molecule has 0 saturated carbocycles. The van der Waals surface area contributed by atoms with E-state index < -0.39 is 9.84 Å². The molecular weight excluding hydrogens is 278 g/mol. The van der Waals surface area contributed by atoms with Gasteiger partial charge in [0.15, 0.2) is 9.84 Å². The van der Waals surface area contributed by atoms with E-state index in [-0.39, 0.29) is 24.0 Å². The van der Waals surface area contributed by atoms with Crippen LogP contribution >= 0.6 is 0 Å². The van der Waals surface area contributed by atoms with E-state index >= 15 is 0 Å². The van der Waals surface area contributed by atoms with Gasteiger partial charge in [-0.25, -0.2) is 8.42 Å². The highest BCUT2D eigenvalue weighted by molar-refractivity contribution is 7.90. The quantitative estimate of drug-likeness (QED) is 0.796. The first-order valence-corrected chi connectivity index (χ1v) is 8.02. The van der Waals surface area contributed by atoms with Crippen molar-refractivity contribution >= 4 is 15.7 Å². The fraction of sp³-hybridized carbons (Fsp3) is 0.357. The Morgan fingerprint density at radius 2 is 2.10 bits per heavy atom. The number of amides is 1. The molecule has 0 saturated heterocycles. The highest BCUT2D eigenvalue weighted by Crippen LogP contribution is 2.17. The second-order valence-electron chi connectivity index (χ2n) is 4.51. The minimum Gasteiger partial charge on any atom is -0.395 e. The summed E-state index contributed by atoms with van der Waals surface area (Å²) >= 11 is 0. The van der Waals surface area contributed by atoms with Crippen LogP contribution in [-0.2, 0) is 9.84 Å². The average Bonchev–Trinajstić information content (AvgIpc) is 2.37. The van der Waals surface area contributed by atoms with Crippen molar-refractivity contribution in [1.29, 1.82) is 0 Å².